The molecule has 0 unspecified atom stereocenters. The SMILES string of the molecule is COc1ccc(S(=O)(=O)N2CCCCC2)cc1CCC(=O)NCc1cccc(N2CCCC2=O)c1. The molecule has 4 rings (SSSR count). The van der Waals surface area contributed by atoms with Gasteiger partial charge in [0, 0.05) is 44.7 Å². The Labute approximate surface area is 207 Å². The number of amides is 2. The Morgan fingerprint density at radius 3 is 2.54 bits per heavy atom. The standard InChI is InChI=1S/C26H33N3O5S/c1-34-24-12-11-23(35(32,33)28-14-3-2-4-15-28)18-21(24)10-13-25(30)27-19-20-7-5-8-22(17-20)29-16-6-9-26(29)31/h5,7-8,11-12,17-18H,2-4,6,9-10,13-16,19H2,1H3,(H,27,30). The molecule has 0 aliphatic carbocycles. The number of piperidine rings is 1. The molecule has 2 saturated heterocycles. The maximum atomic E-state index is 13.1. The summed E-state index contributed by atoms with van der Waals surface area (Å²) >= 11 is 0. The van der Waals surface area contributed by atoms with Gasteiger partial charge in [-0.2, -0.15) is 4.31 Å². The Bertz CT molecular complexity index is 1180. The van der Waals surface area contributed by atoms with Crippen LogP contribution in [-0.2, 0) is 32.6 Å². The molecule has 2 aliphatic heterocycles. The summed E-state index contributed by atoms with van der Waals surface area (Å²) in [6.07, 6.45) is 4.80. The second kappa shape index (κ2) is 11.2. The van der Waals surface area contributed by atoms with Crippen LogP contribution in [0.5, 0.6) is 5.75 Å². The molecule has 35 heavy (non-hydrogen) atoms. The number of rotatable bonds is 9. The maximum Gasteiger partial charge on any atom is 0.243 e. The van der Waals surface area contributed by atoms with E-state index < -0.39 is 10.0 Å². The highest BCUT2D eigenvalue weighted by molar-refractivity contribution is 7.89. The molecule has 2 aliphatic rings. The fourth-order valence-electron chi connectivity index (χ4n) is 4.66. The molecule has 0 radical (unpaired) electrons. The van der Waals surface area contributed by atoms with Gasteiger partial charge in [-0.25, -0.2) is 8.42 Å². The molecule has 8 nitrogen and oxygen atoms in total. The maximum absolute atomic E-state index is 13.1. The molecule has 1 N–H and O–H groups in total. The number of anilines is 1. The van der Waals surface area contributed by atoms with Crippen molar-refractivity contribution in [2.45, 2.75) is 56.4 Å². The minimum atomic E-state index is -3.56. The van der Waals surface area contributed by atoms with Gasteiger partial charge in [0.2, 0.25) is 21.8 Å². The predicted molar refractivity (Wildman–Crippen MR) is 134 cm³/mol. The molecule has 0 spiro atoms. The fourth-order valence-corrected chi connectivity index (χ4v) is 6.23. The van der Waals surface area contributed by atoms with E-state index in [0.717, 1.165) is 43.5 Å². The van der Waals surface area contributed by atoms with Gasteiger partial charge in [0.05, 0.1) is 12.0 Å². The Hall–Kier alpha value is -2.91. The Morgan fingerprint density at radius 1 is 1.03 bits per heavy atom. The van der Waals surface area contributed by atoms with Crippen molar-refractivity contribution in [2.24, 2.45) is 0 Å². The summed E-state index contributed by atoms with van der Waals surface area (Å²) in [6, 6.07) is 12.5. The first-order valence-electron chi connectivity index (χ1n) is 12.2. The predicted octanol–water partition coefficient (Wildman–Crippen LogP) is 3.25. The molecule has 0 bridgehead atoms. The van der Waals surface area contributed by atoms with Gasteiger partial charge < -0.3 is 15.0 Å². The smallest absolute Gasteiger partial charge is 0.243 e. The molecule has 2 amide bonds. The lowest BCUT2D eigenvalue weighted by atomic mass is 10.1. The molecule has 2 fully saturated rings. The van der Waals surface area contributed by atoms with Crippen molar-refractivity contribution in [2.75, 3.05) is 31.6 Å². The van der Waals surface area contributed by atoms with Crippen LogP contribution in [0, 0.1) is 0 Å². The molecule has 188 valence electrons. The van der Waals surface area contributed by atoms with Crippen LogP contribution in [0.4, 0.5) is 5.69 Å². The van der Waals surface area contributed by atoms with Gasteiger partial charge in [-0.3, -0.25) is 9.59 Å². The van der Waals surface area contributed by atoms with E-state index in [4.69, 9.17) is 4.74 Å². The summed E-state index contributed by atoms with van der Waals surface area (Å²) < 4.78 is 33.1. The third kappa shape index (κ3) is 6.02. The molecule has 0 saturated carbocycles. The van der Waals surface area contributed by atoms with Crippen molar-refractivity contribution in [3.05, 3.63) is 53.6 Å². The summed E-state index contributed by atoms with van der Waals surface area (Å²) in [5.41, 5.74) is 2.47. The molecule has 0 atom stereocenters. The average molecular weight is 500 g/mol. The third-order valence-corrected chi connectivity index (χ3v) is 8.51. The first-order chi connectivity index (χ1) is 16.9. The zero-order valence-corrected chi connectivity index (χ0v) is 21.0. The Morgan fingerprint density at radius 2 is 1.83 bits per heavy atom. The summed E-state index contributed by atoms with van der Waals surface area (Å²) in [5.74, 6) is 0.557. The Balaban J connectivity index is 1.37. The van der Waals surface area contributed by atoms with Crippen molar-refractivity contribution in [1.29, 1.82) is 0 Å². The van der Waals surface area contributed by atoms with E-state index >= 15 is 0 Å². The summed E-state index contributed by atoms with van der Waals surface area (Å²) in [6.45, 7) is 2.16. The van der Waals surface area contributed by atoms with Crippen LogP contribution >= 0.6 is 0 Å². The van der Waals surface area contributed by atoms with E-state index in [1.54, 1.807) is 27.4 Å². The molecular weight excluding hydrogens is 466 g/mol. The minimum absolute atomic E-state index is 0.129. The number of carbonyl (C=O) groups is 2. The van der Waals surface area contributed by atoms with Gasteiger partial charge in [0.1, 0.15) is 5.75 Å². The number of hydrogen-bond donors (Lipinski definition) is 1. The fraction of sp³-hybridized carbons (Fsp3) is 0.462. The van der Waals surface area contributed by atoms with Crippen LogP contribution in [0.1, 0.15) is 49.7 Å². The first kappa shape index (κ1) is 25.2. The summed E-state index contributed by atoms with van der Waals surface area (Å²) in [7, 11) is -2.02. The lowest BCUT2D eigenvalue weighted by Gasteiger charge is -2.26. The average Bonchev–Trinajstić information content (AvgIpc) is 3.32. The van der Waals surface area contributed by atoms with E-state index in [0.29, 0.717) is 43.8 Å². The van der Waals surface area contributed by atoms with E-state index in [2.05, 4.69) is 5.32 Å². The summed E-state index contributed by atoms with van der Waals surface area (Å²) in [4.78, 5) is 26.6. The minimum Gasteiger partial charge on any atom is -0.496 e. The quantitative estimate of drug-likeness (QED) is 0.571. The number of nitrogens with zero attached hydrogens (tertiary/aromatic N) is 2. The molecule has 0 aromatic heterocycles. The van der Waals surface area contributed by atoms with Crippen molar-refractivity contribution in [3.63, 3.8) is 0 Å². The van der Waals surface area contributed by atoms with Crippen molar-refractivity contribution >= 4 is 27.5 Å². The highest BCUT2D eigenvalue weighted by Crippen LogP contribution is 2.27. The van der Waals surface area contributed by atoms with Gasteiger partial charge in [0.15, 0.2) is 0 Å². The number of ether oxygens (including phenoxy) is 1. The van der Waals surface area contributed by atoms with E-state index in [-0.39, 0.29) is 23.1 Å². The van der Waals surface area contributed by atoms with Gasteiger partial charge in [-0.15, -0.1) is 0 Å². The van der Waals surface area contributed by atoms with E-state index in [1.165, 1.54) is 7.11 Å². The van der Waals surface area contributed by atoms with Crippen molar-refractivity contribution in [3.8, 4) is 5.75 Å². The number of benzene rings is 2. The number of methoxy groups -OCH3 is 1. The number of nitrogens with one attached hydrogen (secondary N) is 1. The van der Waals surface area contributed by atoms with Gasteiger partial charge in [0.25, 0.3) is 0 Å². The van der Waals surface area contributed by atoms with Gasteiger partial charge in [-0.1, -0.05) is 18.6 Å². The van der Waals surface area contributed by atoms with Crippen LogP contribution < -0.4 is 15.0 Å². The molecule has 9 heteroatoms. The van der Waals surface area contributed by atoms with Crippen LogP contribution in [0.15, 0.2) is 47.4 Å². The van der Waals surface area contributed by atoms with Crippen LogP contribution in [0.3, 0.4) is 0 Å². The second-order valence-corrected chi connectivity index (χ2v) is 11.0. The van der Waals surface area contributed by atoms with Gasteiger partial charge in [-0.05, 0) is 67.1 Å². The molecule has 2 aromatic rings. The highest BCUT2D eigenvalue weighted by Gasteiger charge is 2.27. The van der Waals surface area contributed by atoms with Crippen molar-refractivity contribution < 1.29 is 22.7 Å². The van der Waals surface area contributed by atoms with E-state index in [9.17, 15) is 18.0 Å². The monoisotopic (exact) mass is 499 g/mol. The number of sulfonamides is 1. The normalized spacial score (nSPS) is 16.9. The molecule has 2 aromatic carbocycles. The van der Waals surface area contributed by atoms with Crippen LogP contribution in [-0.4, -0.2) is 51.3 Å². The van der Waals surface area contributed by atoms with Crippen molar-refractivity contribution in [1.82, 2.24) is 9.62 Å². The Kier molecular flexibility index (Phi) is 8.07. The second-order valence-electron chi connectivity index (χ2n) is 9.03. The highest BCUT2D eigenvalue weighted by atomic mass is 32.2. The largest absolute Gasteiger partial charge is 0.496 e. The topological polar surface area (TPSA) is 96.0 Å². The zero-order valence-electron chi connectivity index (χ0n) is 20.2. The molecular formula is C26H33N3O5S. The first-order valence-corrected chi connectivity index (χ1v) is 13.7. The zero-order chi connectivity index (χ0) is 24.8. The lowest BCUT2D eigenvalue weighted by Crippen LogP contribution is -2.35. The summed E-state index contributed by atoms with van der Waals surface area (Å²) in [5, 5.41) is 2.92. The number of aryl methyl sites for hydroxylation is 1. The van der Waals surface area contributed by atoms with E-state index in [1.807, 2.05) is 24.3 Å². The van der Waals surface area contributed by atoms with Crippen LogP contribution in [0.25, 0.3) is 0 Å². The number of carbonyl (C=O) groups excluding carboxylic acids is 2. The number of hydrogen-bond acceptors (Lipinski definition) is 5. The van der Waals surface area contributed by atoms with Crippen LogP contribution in [0.2, 0.25) is 0 Å². The van der Waals surface area contributed by atoms with Gasteiger partial charge >= 0.3 is 0 Å². The molecule has 2 heterocycles. The third-order valence-electron chi connectivity index (χ3n) is 6.61. The lowest BCUT2D eigenvalue weighted by molar-refractivity contribution is -0.121.